The molecule has 100 valence electrons. The highest BCUT2D eigenvalue weighted by molar-refractivity contribution is 14.0. The molecule has 1 N–H and O–H groups in total. The van der Waals surface area contributed by atoms with Crippen LogP contribution < -0.4 is 5.32 Å². The molecule has 4 nitrogen and oxygen atoms in total. The molecule has 2 aliphatic heterocycles. The van der Waals surface area contributed by atoms with E-state index in [2.05, 4.69) is 34.2 Å². The zero-order valence-corrected chi connectivity index (χ0v) is 13.3. The number of piperidine rings is 1. The molecule has 0 aliphatic carbocycles. The van der Waals surface area contributed by atoms with Gasteiger partial charge in [0.2, 0.25) is 0 Å². The maximum absolute atomic E-state index is 4.43. The second kappa shape index (κ2) is 7.41. The number of guanidine groups is 1. The maximum atomic E-state index is 4.43. The van der Waals surface area contributed by atoms with Crippen LogP contribution in [0.4, 0.5) is 0 Å². The topological polar surface area (TPSA) is 30.9 Å². The van der Waals surface area contributed by atoms with Crippen molar-refractivity contribution < 1.29 is 0 Å². The van der Waals surface area contributed by atoms with Crippen LogP contribution in [-0.2, 0) is 0 Å². The van der Waals surface area contributed by atoms with Gasteiger partial charge < -0.3 is 15.1 Å². The average Bonchev–Trinajstić information content (AvgIpc) is 2.68. The van der Waals surface area contributed by atoms with E-state index in [1.165, 1.54) is 32.4 Å². The Labute approximate surface area is 122 Å². The van der Waals surface area contributed by atoms with Crippen LogP contribution in [0.25, 0.3) is 0 Å². The summed E-state index contributed by atoms with van der Waals surface area (Å²) in [6.07, 6.45) is 4.02. The molecule has 0 unspecified atom stereocenters. The number of nitrogens with one attached hydrogen (secondary N) is 1. The first-order valence-electron chi connectivity index (χ1n) is 6.43. The number of hydrogen-bond acceptors (Lipinski definition) is 4. The van der Waals surface area contributed by atoms with Crippen molar-refractivity contribution in [1.82, 2.24) is 15.1 Å². The van der Waals surface area contributed by atoms with E-state index in [9.17, 15) is 0 Å². The minimum atomic E-state index is 0. The van der Waals surface area contributed by atoms with Crippen LogP contribution in [0, 0.1) is 5.92 Å². The van der Waals surface area contributed by atoms with E-state index in [1.807, 2.05) is 0 Å². The van der Waals surface area contributed by atoms with E-state index in [4.69, 9.17) is 0 Å². The van der Waals surface area contributed by atoms with Gasteiger partial charge in [0.25, 0.3) is 0 Å². The van der Waals surface area contributed by atoms with Crippen molar-refractivity contribution in [2.24, 2.45) is 10.9 Å². The second-order valence-corrected chi connectivity index (χ2v) is 5.09. The molecule has 1 saturated heterocycles. The van der Waals surface area contributed by atoms with Gasteiger partial charge in [-0.25, -0.2) is 0 Å². The van der Waals surface area contributed by atoms with Crippen LogP contribution >= 0.6 is 24.0 Å². The lowest BCUT2D eigenvalue weighted by Crippen LogP contribution is -2.37. The third kappa shape index (κ3) is 4.62. The molecule has 0 aromatic carbocycles. The summed E-state index contributed by atoms with van der Waals surface area (Å²) in [6.45, 7) is 5.64. The molecular weight excluding hydrogens is 327 g/mol. The minimum absolute atomic E-state index is 0. The number of hydrogen-bond donors (Lipinski definition) is 1. The van der Waals surface area contributed by atoms with Crippen LogP contribution in [0.3, 0.4) is 0 Å². The summed E-state index contributed by atoms with van der Waals surface area (Å²) < 4.78 is 0. The number of halogens is 1. The molecule has 0 atom stereocenters. The van der Waals surface area contributed by atoms with Crippen LogP contribution in [-0.4, -0.2) is 62.6 Å². The summed E-state index contributed by atoms with van der Waals surface area (Å²) in [5, 5.41) is 3.45. The molecule has 0 spiro atoms. The Morgan fingerprint density at radius 2 is 1.94 bits per heavy atom. The summed E-state index contributed by atoms with van der Waals surface area (Å²) in [5.74, 6) is 2.00. The third-order valence-corrected chi connectivity index (χ3v) is 3.73. The molecule has 0 amide bonds. The van der Waals surface area contributed by atoms with Gasteiger partial charge in [-0.15, -0.1) is 24.0 Å². The monoisotopic (exact) mass is 352 g/mol. The fraction of sp³-hybridized carbons (Fsp3) is 0.917. The second-order valence-electron chi connectivity index (χ2n) is 5.09. The molecule has 0 saturated carbocycles. The van der Waals surface area contributed by atoms with E-state index in [1.54, 1.807) is 0 Å². The van der Waals surface area contributed by atoms with E-state index in [0.29, 0.717) is 0 Å². The molecule has 0 aromatic rings. The molecule has 17 heavy (non-hydrogen) atoms. The fourth-order valence-corrected chi connectivity index (χ4v) is 2.46. The zero-order valence-electron chi connectivity index (χ0n) is 11.0. The first-order chi connectivity index (χ1) is 7.75. The summed E-state index contributed by atoms with van der Waals surface area (Å²) in [5.41, 5.74) is 0. The van der Waals surface area contributed by atoms with E-state index >= 15 is 0 Å². The van der Waals surface area contributed by atoms with Gasteiger partial charge in [0.1, 0.15) is 0 Å². The molecule has 0 bridgehead atoms. The van der Waals surface area contributed by atoms with Gasteiger partial charge in [-0.1, -0.05) is 0 Å². The Balaban J connectivity index is 0.00000144. The van der Waals surface area contributed by atoms with Crippen molar-refractivity contribution in [2.45, 2.75) is 19.3 Å². The van der Waals surface area contributed by atoms with Crippen LogP contribution in [0.2, 0.25) is 0 Å². The molecule has 1 fully saturated rings. The highest BCUT2D eigenvalue weighted by Crippen LogP contribution is 2.18. The van der Waals surface area contributed by atoms with Gasteiger partial charge in [0, 0.05) is 20.1 Å². The predicted molar refractivity (Wildman–Crippen MR) is 83.2 cm³/mol. The summed E-state index contributed by atoms with van der Waals surface area (Å²) >= 11 is 0. The molecule has 5 heteroatoms. The van der Waals surface area contributed by atoms with E-state index < -0.39 is 0 Å². The van der Waals surface area contributed by atoms with E-state index in [-0.39, 0.29) is 24.0 Å². The lowest BCUT2D eigenvalue weighted by molar-refractivity contribution is 0.213. The van der Waals surface area contributed by atoms with Crippen molar-refractivity contribution in [1.29, 1.82) is 0 Å². The largest absolute Gasteiger partial charge is 0.356 e. The van der Waals surface area contributed by atoms with Crippen molar-refractivity contribution in [3.05, 3.63) is 0 Å². The Kier molecular flexibility index (Phi) is 6.54. The van der Waals surface area contributed by atoms with Crippen molar-refractivity contribution >= 4 is 29.9 Å². The lowest BCUT2D eigenvalue weighted by atomic mass is 9.94. The lowest BCUT2D eigenvalue weighted by Gasteiger charge is -2.29. The SMILES string of the molecule is CN1CCC(CCNC2=NCCN2C)CC1.I. The Hall–Kier alpha value is -0.0400. The Morgan fingerprint density at radius 3 is 2.53 bits per heavy atom. The third-order valence-electron chi connectivity index (χ3n) is 3.73. The molecule has 2 aliphatic rings. The van der Waals surface area contributed by atoms with Crippen molar-refractivity contribution in [3.8, 4) is 0 Å². The highest BCUT2D eigenvalue weighted by Gasteiger charge is 2.17. The molecule has 0 radical (unpaired) electrons. The molecule has 2 heterocycles. The number of aliphatic imine (C=N–C) groups is 1. The van der Waals surface area contributed by atoms with Crippen molar-refractivity contribution in [2.75, 3.05) is 46.8 Å². The Bertz CT molecular complexity index is 249. The highest BCUT2D eigenvalue weighted by atomic mass is 127. The minimum Gasteiger partial charge on any atom is -0.356 e. The van der Waals surface area contributed by atoms with Gasteiger partial charge >= 0.3 is 0 Å². The molecule has 0 aromatic heterocycles. The molecule has 2 rings (SSSR count). The van der Waals surface area contributed by atoms with Crippen LogP contribution in [0.1, 0.15) is 19.3 Å². The predicted octanol–water partition coefficient (Wildman–Crippen LogP) is 1.23. The smallest absolute Gasteiger partial charge is 0.193 e. The zero-order chi connectivity index (χ0) is 11.4. The van der Waals surface area contributed by atoms with Crippen LogP contribution in [0.15, 0.2) is 4.99 Å². The summed E-state index contributed by atoms with van der Waals surface area (Å²) in [4.78, 5) is 9.07. The number of rotatable bonds is 3. The molecular formula is C12H25IN4. The van der Waals surface area contributed by atoms with Gasteiger partial charge in [-0.05, 0) is 45.3 Å². The normalized spacial score (nSPS) is 22.2. The number of likely N-dealkylation sites (N-methyl/N-ethyl adjacent to an activating group) is 1. The first kappa shape index (κ1) is 15.0. The summed E-state index contributed by atoms with van der Waals surface area (Å²) in [6, 6.07) is 0. The van der Waals surface area contributed by atoms with Crippen LogP contribution in [0.5, 0.6) is 0 Å². The first-order valence-corrected chi connectivity index (χ1v) is 6.43. The Morgan fingerprint density at radius 1 is 1.24 bits per heavy atom. The quantitative estimate of drug-likeness (QED) is 0.776. The van der Waals surface area contributed by atoms with Gasteiger partial charge in [0.15, 0.2) is 5.96 Å². The van der Waals surface area contributed by atoms with Gasteiger partial charge in [-0.3, -0.25) is 4.99 Å². The number of likely N-dealkylation sites (tertiary alicyclic amines) is 1. The van der Waals surface area contributed by atoms with Gasteiger partial charge in [0.05, 0.1) is 6.54 Å². The fourth-order valence-electron chi connectivity index (χ4n) is 2.46. The van der Waals surface area contributed by atoms with Gasteiger partial charge in [-0.2, -0.15) is 0 Å². The summed E-state index contributed by atoms with van der Waals surface area (Å²) in [7, 11) is 4.32. The standard InChI is InChI=1S/C12H24N4.HI/c1-15-8-4-11(5-9-15)3-6-13-12-14-7-10-16(12)2;/h11H,3-10H2,1-2H3,(H,13,14);1H. The number of nitrogens with zero attached hydrogens (tertiary/aromatic N) is 3. The average molecular weight is 352 g/mol. The van der Waals surface area contributed by atoms with Crippen molar-refractivity contribution in [3.63, 3.8) is 0 Å². The van der Waals surface area contributed by atoms with E-state index in [0.717, 1.165) is 31.5 Å². The maximum Gasteiger partial charge on any atom is 0.193 e.